The fourth-order valence-electron chi connectivity index (χ4n) is 3.14. The summed E-state index contributed by atoms with van der Waals surface area (Å²) >= 11 is 0. The molecule has 2 amide bonds. The lowest BCUT2D eigenvalue weighted by Gasteiger charge is -2.46. The number of likely N-dealkylation sites (tertiary alicyclic amines) is 1. The van der Waals surface area contributed by atoms with Crippen LogP contribution in [0.3, 0.4) is 0 Å². The van der Waals surface area contributed by atoms with Gasteiger partial charge in [0, 0.05) is 19.5 Å². The first kappa shape index (κ1) is 20.7. The van der Waals surface area contributed by atoms with E-state index in [0.29, 0.717) is 32.4 Å². The minimum atomic E-state index is -0.852. The van der Waals surface area contributed by atoms with Crippen molar-refractivity contribution in [3.8, 4) is 0 Å². The molecule has 0 aliphatic carbocycles. The molecule has 0 radical (unpaired) electrons. The molecule has 5 N–H and O–H groups in total. The lowest BCUT2D eigenvalue weighted by atomic mass is 9.82. The van der Waals surface area contributed by atoms with E-state index >= 15 is 0 Å². The molecule has 11 heteroatoms. The van der Waals surface area contributed by atoms with Gasteiger partial charge in [-0.1, -0.05) is 0 Å². The molecule has 2 aliphatic rings. The van der Waals surface area contributed by atoms with Crippen molar-refractivity contribution in [1.82, 2.24) is 14.9 Å². The third-order valence-electron chi connectivity index (χ3n) is 4.67. The van der Waals surface area contributed by atoms with Gasteiger partial charge in [-0.15, -0.1) is 0 Å². The highest BCUT2D eigenvalue weighted by atomic mass is 16.5. The van der Waals surface area contributed by atoms with Crippen LogP contribution < -0.4 is 5.73 Å². The lowest BCUT2D eigenvalue weighted by Crippen LogP contribution is -2.55. The van der Waals surface area contributed by atoms with E-state index in [-0.39, 0.29) is 30.4 Å². The summed E-state index contributed by atoms with van der Waals surface area (Å²) in [6.07, 6.45) is 2.29. The number of carbonyl (C=O) groups excluding carboxylic acids is 2. The predicted octanol–water partition coefficient (Wildman–Crippen LogP) is -1.61. The van der Waals surface area contributed by atoms with Crippen molar-refractivity contribution in [3.63, 3.8) is 0 Å². The van der Waals surface area contributed by atoms with Gasteiger partial charge in [-0.05, 0) is 12.8 Å². The number of carboxylic acid groups (broad SMARTS) is 1. The van der Waals surface area contributed by atoms with Crippen LogP contribution in [0.25, 0.3) is 0 Å². The zero-order valence-corrected chi connectivity index (χ0v) is 14.5. The van der Waals surface area contributed by atoms with Gasteiger partial charge in [0.2, 0.25) is 0 Å². The fourth-order valence-corrected chi connectivity index (χ4v) is 3.14. The Bertz CT molecular complexity index is 674. The third-order valence-corrected chi connectivity index (χ3v) is 4.67. The summed E-state index contributed by atoms with van der Waals surface area (Å²) < 4.78 is 5.74. The van der Waals surface area contributed by atoms with Crippen LogP contribution in [-0.4, -0.2) is 86.0 Å². The molecule has 3 rings (SSSR count). The number of hydrogen-bond donors (Lipinski definition) is 4. The molecule has 2 atom stereocenters. The van der Waals surface area contributed by atoms with Gasteiger partial charge >= 0.3 is 0 Å². The molecule has 0 saturated carbocycles. The molecule has 0 aromatic carbocycles. The maximum atomic E-state index is 12.4. The summed E-state index contributed by atoms with van der Waals surface area (Å²) in [7, 11) is 0. The molecule has 1 spiro atoms. The van der Waals surface area contributed by atoms with E-state index in [1.165, 1.54) is 12.4 Å². The Hall–Kier alpha value is -2.63. The van der Waals surface area contributed by atoms with Gasteiger partial charge in [-0.3, -0.25) is 14.4 Å². The van der Waals surface area contributed by atoms with Crippen LogP contribution in [0.5, 0.6) is 0 Å². The van der Waals surface area contributed by atoms with Crippen molar-refractivity contribution in [2.45, 2.75) is 37.1 Å². The summed E-state index contributed by atoms with van der Waals surface area (Å²) in [5, 5.41) is 26.3. The molecule has 3 heterocycles. The zero-order chi connectivity index (χ0) is 20.0. The van der Waals surface area contributed by atoms with Gasteiger partial charge in [0.1, 0.15) is 17.5 Å². The average molecular weight is 382 g/mol. The molecule has 2 saturated heterocycles. The number of piperidine rings is 1. The smallest absolute Gasteiger partial charge is 0.290 e. The topological polar surface area (TPSA) is 176 Å². The normalized spacial score (nSPS) is 23.9. The van der Waals surface area contributed by atoms with E-state index in [9.17, 15) is 19.8 Å². The number of nitrogens with two attached hydrogens (primary N) is 1. The minimum absolute atomic E-state index is 0.00676. The van der Waals surface area contributed by atoms with Crippen LogP contribution in [0.1, 0.15) is 40.2 Å². The number of aliphatic hydroxyl groups excluding tert-OH is 2. The first-order valence-electron chi connectivity index (χ1n) is 8.31. The second-order valence-corrected chi connectivity index (χ2v) is 6.38. The number of aliphatic hydroxyl groups is 2. The number of amides is 2. The Morgan fingerprint density at radius 3 is 2.22 bits per heavy atom. The van der Waals surface area contributed by atoms with E-state index < -0.39 is 23.7 Å². The quantitative estimate of drug-likeness (QED) is 0.438. The Balaban J connectivity index is 0.000000817. The van der Waals surface area contributed by atoms with Gasteiger partial charge in [-0.25, -0.2) is 9.97 Å². The fraction of sp³-hybridized carbons (Fsp3) is 0.562. The minimum Gasteiger partial charge on any atom is -0.483 e. The summed E-state index contributed by atoms with van der Waals surface area (Å²) in [4.78, 5) is 41.2. The molecule has 2 fully saturated rings. The summed E-state index contributed by atoms with van der Waals surface area (Å²) in [5.74, 6) is -0.971. The van der Waals surface area contributed by atoms with E-state index in [1.54, 1.807) is 4.90 Å². The Kier molecular flexibility index (Phi) is 6.77. The molecular weight excluding hydrogens is 360 g/mol. The van der Waals surface area contributed by atoms with E-state index in [2.05, 4.69) is 9.97 Å². The number of carbonyl (C=O) groups is 3. The van der Waals surface area contributed by atoms with Crippen molar-refractivity contribution in [2.75, 3.05) is 19.7 Å². The number of hydrogen-bond acceptors (Lipinski definition) is 8. The van der Waals surface area contributed by atoms with Gasteiger partial charge in [0.25, 0.3) is 18.3 Å². The maximum absolute atomic E-state index is 12.4. The number of nitrogens with zero attached hydrogens (tertiary/aromatic N) is 3. The second kappa shape index (κ2) is 8.84. The van der Waals surface area contributed by atoms with Gasteiger partial charge in [0.15, 0.2) is 0 Å². The van der Waals surface area contributed by atoms with Crippen molar-refractivity contribution in [3.05, 3.63) is 23.8 Å². The van der Waals surface area contributed by atoms with Crippen LogP contribution in [0.15, 0.2) is 12.4 Å². The first-order chi connectivity index (χ1) is 12.8. The standard InChI is InChI=1S/C15H20N4O5.CH2O2/c16-13(22)9-6-18-10(7-17-9)14(23)19-3-1-15(2-4-19)5-11(20)12(21)8-24-15;2-1-3/h6-7,11-12,20-21H,1-5,8H2,(H2,16,22);1H,(H,2,3)/t11-,12+;/m1./s1. The van der Waals surface area contributed by atoms with Crippen LogP contribution in [0.4, 0.5) is 0 Å². The predicted molar refractivity (Wildman–Crippen MR) is 89.7 cm³/mol. The molecule has 1 aromatic rings. The number of ether oxygens (including phenoxy) is 1. The molecule has 0 bridgehead atoms. The lowest BCUT2D eigenvalue weighted by molar-refractivity contribution is -0.185. The van der Waals surface area contributed by atoms with Crippen molar-refractivity contribution < 1.29 is 34.4 Å². The van der Waals surface area contributed by atoms with Crippen molar-refractivity contribution in [2.24, 2.45) is 5.73 Å². The molecule has 27 heavy (non-hydrogen) atoms. The van der Waals surface area contributed by atoms with E-state index in [0.717, 1.165) is 0 Å². The number of aromatic nitrogens is 2. The summed E-state index contributed by atoms with van der Waals surface area (Å²) in [6, 6.07) is 0. The Labute approximate surface area is 154 Å². The average Bonchev–Trinajstić information content (AvgIpc) is 2.66. The molecular formula is C16H22N4O7. The van der Waals surface area contributed by atoms with E-state index in [4.69, 9.17) is 20.4 Å². The second-order valence-electron chi connectivity index (χ2n) is 6.38. The van der Waals surface area contributed by atoms with Crippen molar-refractivity contribution in [1.29, 1.82) is 0 Å². The van der Waals surface area contributed by atoms with Crippen LogP contribution >= 0.6 is 0 Å². The monoisotopic (exact) mass is 382 g/mol. The van der Waals surface area contributed by atoms with Crippen molar-refractivity contribution >= 4 is 18.3 Å². The van der Waals surface area contributed by atoms with Gasteiger partial charge in [0.05, 0.1) is 30.7 Å². The SMILES string of the molecule is NC(=O)c1cnc(C(=O)N2CCC3(CC2)C[C@@H](O)[C@@H](O)CO3)cn1.O=CO. The summed E-state index contributed by atoms with van der Waals surface area (Å²) in [6.45, 7) is 0.775. The highest BCUT2D eigenvalue weighted by molar-refractivity contribution is 5.93. The number of rotatable bonds is 2. The number of primary amides is 1. The molecule has 2 aliphatic heterocycles. The third kappa shape index (κ3) is 4.96. The zero-order valence-electron chi connectivity index (χ0n) is 14.5. The van der Waals surface area contributed by atoms with Crippen LogP contribution in [0.2, 0.25) is 0 Å². The highest BCUT2D eigenvalue weighted by Gasteiger charge is 2.43. The molecule has 0 unspecified atom stereocenters. The largest absolute Gasteiger partial charge is 0.483 e. The first-order valence-corrected chi connectivity index (χ1v) is 8.31. The van der Waals surface area contributed by atoms with Crippen LogP contribution in [-0.2, 0) is 9.53 Å². The van der Waals surface area contributed by atoms with Crippen LogP contribution in [0, 0.1) is 0 Å². The van der Waals surface area contributed by atoms with Gasteiger partial charge in [-0.2, -0.15) is 0 Å². The summed E-state index contributed by atoms with van der Waals surface area (Å²) in [5.41, 5.74) is 4.76. The Morgan fingerprint density at radius 1 is 1.19 bits per heavy atom. The highest BCUT2D eigenvalue weighted by Crippen LogP contribution is 2.35. The molecule has 148 valence electrons. The van der Waals surface area contributed by atoms with Gasteiger partial charge < -0.3 is 30.7 Å². The maximum Gasteiger partial charge on any atom is 0.290 e. The molecule has 11 nitrogen and oxygen atoms in total. The molecule has 1 aromatic heterocycles. The Morgan fingerprint density at radius 2 is 1.74 bits per heavy atom. The van der Waals surface area contributed by atoms with E-state index in [1.807, 2.05) is 0 Å².